The van der Waals surface area contributed by atoms with Gasteiger partial charge in [0.25, 0.3) is 0 Å². The second-order valence-electron chi connectivity index (χ2n) is 20.9. The van der Waals surface area contributed by atoms with Crippen molar-refractivity contribution in [2.24, 2.45) is 45.3 Å². The summed E-state index contributed by atoms with van der Waals surface area (Å²) in [5.74, 6) is 1.000. The Labute approximate surface area is 314 Å². The summed E-state index contributed by atoms with van der Waals surface area (Å²) in [6, 6.07) is 9.01. The van der Waals surface area contributed by atoms with Gasteiger partial charge in [-0.15, -0.1) is 0 Å². The predicted molar refractivity (Wildman–Crippen MR) is 204 cm³/mol. The summed E-state index contributed by atoms with van der Waals surface area (Å²) >= 11 is 0. The van der Waals surface area contributed by atoms with Gasteiger partial charge in [0, 0.05) is 12.5 Å². The Morgan fingerprint density at radius 1 is 0.885 bits per heavy atom. The number of carbonyl (C=O) groups is 2. The lowest BCUT2D eigenvalue weighted by Gasteiger charge is -2.71. The van der Waals surface area contributed by atoms with Crippen molar-refractivity contribution in [3.8, 4) is 0 Å². The largest absolute Gasteiger partial charge is 0.444 e. The zero-order chi connectivity index (χ0) is 38.3. The van der Waals surface area contributed by atoms with Crippen LogP contribution in [0.15, 0.2) is 30.3 Å². The second kappa shape index (κ2) is 13.3. The maximum atomic E-state index is 14.1. The summed E-state index contributed by atoms with van der Waals surface area (Å²) in [5, 5.41) is 29.4. The molecule has 1 aromatic rings. The van der Waals surface area contributed by atoms with E-state index in [0.29, 0.717) is 18.3 Å². The van der Waals surface area contributed by atoms with Gasteiger partial charge in [-0.25, -0.2) is 4.79 Å². The molecule has 0 aromatic heterocycles. The first-order chi connectivity index (χ1) is 23.9. The topological polar surface area (TPSA) is 117 Å². The molecule has 52 heavy (non-hydrogen) atoms. The van der Waals surface area contributed by atoms with Crippen molar-refractivity contribution in [3.05, 3.63) is 35.9 Å². The van der Waals surface area contributed by atoms with Crippen LogP contribution in [-0.2, 0) is 20.7 Å². The maximum Gasteiger partial charge on any atom is 0.408 e. The van der Waals surface area contributed by atoms with Gasteiger partial charge in [-0.2, -0.15) is 0 Å². The molecule has 12 atom stereocenters. The number of ether oxygens (including phenoxy) is 2. The van der Waals surface area contributed by atoms with E-state index in [1.165, 1.54) is 0 Å². The fourth-order valence-electron chi connectivity index (χ4n) is 13.1. The molecule has 1 aliphatic heterocycles. The lowest BCUT2D eigenvalue weighted by molar-refractivity contribution is -0.240. The summed E-state index contributed by atoms with van der Waals surface area (Å²) in [7, 11) is 0. The van der Waals surface area contributed by atoms with Gasteiger partial charge in [0.15, 0.2) is 0 Å². The van der Waals surface area contributed by atoms with E-state index in [0.717, 1.165) is 63.4 Å². The molecule has 1 aromatic carbocycles. The second-order valence-corrected chi connectivity index (χ2v) is 20.9. The molecule has 1 heterocycles. The Kier molecular flexibility index (Phi) is 10.1. The molecule has 8 heteroatoms. The normalized spacial score (nSPS) is 42.0. The third kappa shape index (κ3) is 6.73. The standard InChI is InChI=1S/C44H70N2O6/c1-38(2,3)52-37(49)45-29(25-27-15-13-12-14-16-27)36(48)46-33-19-21-41(8)31(39(33,4)5)18-23-42(9)32(41)26-30(47)35-28(17-22-43(35,42)10)44(11)24-20-34(51-44)40(6,7)50/h12-16,28-35,47,50H,17-26H2,1-11H3,(H,45,49)(H,46,48)/t28-,29-,30+,31-,32+,33-,34+,35-,41-,42+,43+,44-/m0/s1. The first kappa shape index (κ1) is 39.5. The summed E-state index contributed by atoms with van der Waals surface area (Å²) < 4.78 is 12.3. The lowest BCUT2D eigenvalue weighted by Crippen LogP contribution is -2.68. The molecule has 5 aliphatic rings. The lowest BCUT2D eigenvalue weighted by atomic mass is 9.35. The molecule has 8 nitrogen and oxygen atoms in total. The number of fused-ring (bicyclic) bond motifs is 5. The molecule has 5 fully saturated rings. The Morgan fingerprint density at radius 2 is 1.54 bits per heavy atom. The van der Waals surface area contributed by atoms with Crippen LogP contribution in [0.5, 0.6) is 0 Å². The molecule has 0 unspecified atom stereocenters. The number of hydrogen-bond donors (Lipinski definition) is 4. The number of hydrogen-bond acceptors (Lipinski definition) is 6. The van der Waals surface area contributed by atoms with Crippen molar-refractivity contribution in [2.75, 3.05) is 0 Å². The number of aliphatic hydroxyl groups is 2. The molecule has 292 valence electrons. The molecule has 4 saturated carbocycles. The minimum atomic E-state index is -0.878. The number of alkyl carbamates (subject to hydrolysis) is 1. The van der Waals surface area contributed by atoms with Gasteiger partial charge < -0.3 is 30.3 Å². The van der Waals surface area contributed by atoms with Gasteiger partial charge in [0.05, 0.1) is 23.4 Å². The van der Waals surface area contributed by atoms with E-state index in [1.54, 1.807) is 0 Å². The van der Waals surface area contributed by atoms with Crippen molar-refractivity contribution in [1.82, 2.24) is 10.6 Å². The maximum absolute atomic E-state index is 14.1. The Bertz CT molecular complexity index is 1480. The predicted octanol–water partition coefficient (Wildman–Crippen LogP) is 7.97. The number of benzene rings is 1. The molecule has 4 N–H and O–H groups in total. The Morgan fingerprint density at radius 3 is 2.15 bits per heavy atom. The smallest absolute Gasteiger partial charge is 0.408 e. The first-order valence-electron chi connectivity index (χ1n) is 20.4. The number of amides is 2. The van der Waals surface area contributed by atoms with Crippen LogP contribution < -0.4 is 10.6 Å². The molecule has 6 rings (SSSR count). The average Bonchev–Trinajstić information content (AvgIpc) is 3.62. The zero-order valence-corrected chi connectivity index (χ0v) is 34.1. The van der Waals surface area contributed by atoms with Crippen LogP contribution >= 0.6 is 0 Å². The molecular weight excluding hydrogens is 652 g/mol. The number of nitrogens with one attached hydrogen (secondary N) is 2. The van der Waals surface area contributed by atoms with Crippen molar-refractivity contribution in [1.29, 1.82) is 0 Å². The van der Waals surface area contributed by atoms with Gasteiger partial charge >= 0.3 is 6.09 Å². The van der Waals surface area contributed by atoms with Crippen LogP contribution in [0.25, 0.3) is 0 Å². The number of carbonyl (C=O) groups excluding carboxylic acids is 2. The third-order valence-corrected chi connectivity index (χ3v) is 15.9. The van der Waals surface area contributed by atoms with E-state index < -0.39 is 29.4 Å². The molecule has 0 spiro atoms. The molecule has 1 saturated heterocycles. The highest BCUT2D eigenvalue weighted by Crippen LogP contribution is 2.76. The highest BCUT2D eigenvalue weighted by atomic mass is 16.6. The highest BCUT2D eigenvalue weighted by Gasteiger charge is 2.72. The van der Waals surface area contributed by atoms with Crippen LogP contribution in [-0.4, -0.2) is 63.3 Å². The summed E-state index contributed by atoms with van der Waals surface area (Å²) in [4.78, 5) is 27.1. The Hall–Kier alpha value is -2.16. The van der Waals surface area contributed by atoms with Gasteiger partial charge in [-0.3, -0.25) is 4.79 Å². The van der Waals surface area contributed by atoms with Crippen molar-refractivity contribution in [2.45, 2.75) is 181 Å². The minimum Gasteiger partial charge on any atom is -0.444 e. The molecule has 0 radical (unpaired) electrons. The summed E-state index contributed by atoms with van der Waals surface area (Å²) in [6.45, 7) is 23.6. The molecule has 0 bridgehead atoms. The van der Waals surface area contributed by atoms with Crippen molar-refractivity contribution in [3.63, 3.8) is 0 Å². The van der Waals surface area contributed by atoms with Gasteiger partial charge in [-0.05, 0) is 150 Å². The van der Waals surface area contributed by atoms with Gasteiger partial charge in [0.2, 0.25) is 5.91 Å². The highest BCUT2D eigenvalue weighted by molar-refractivity contribution is 5.86. The van der Waals surface area contributed by atoms with Gasteiger partial charge in [-0.1, -0.05) is 65.0 Å². The van der Waals surface area contributed by atoms with E-state index in [4.69, 9.17) is 9.47 Å². The monoisotopic (exact) mass is 723 g/mol. The first-order valence-corrected chi connectivity index (χ1v) is 20.4. The van der Waals surface area contributed by atoms with Crippen molar-refractivity contribution >= 4 is 12.0 Å². The van der Waals surface area contributed by atoms with Crippen molar-refractivity contribution < 1.29 is 29.3 Å². The quantitative estimate of drug-likeness (QED) is 0.227. The molecular formula is C44H70N2O6. The Balaban J connectivity index is 1.21. The van der Waals surface area contributed by atoms with Crippen LogP contribution in [0.4, 0.5) is 4.79 Å². The summed E-state index contributed by atoms with van der Waals surface area (Å²) in [6.07, 6.45) is 7.97. The fraction of sp³-hybridized carbons (Fsp3) is 0.818. The van der Waals surface area contributed by atoms with Crippen LogP contribution in [0, 0.1) is 45.3 Å². The SMILES string of the molecule is CC(C)(C)OC(=O)N[C@@H](Cc1ccccc1)C(=O)N[C@H]1CC[C@]2(C)[C@H]3C[C@@H](O)[C@@H]4[C@@H]([C@]5(C)CC[C@H](C(C)(C)O)O5)CC[C@@]4(C)[C@]3(C)CC[C@H]2C1(C)C. The number of aliphatic hydroxyl groups excluding tert-OH is 1. The molecule has 2 amide bonds. The summed E-state index contributed by atoms with van der Waals surface area (Å²) in [5.41, 5.74) is -1.03. The number of rotatable bonds is 7. The molecule has 4 aliphatic carbocycles. The van der Waals surface area contributed by atoms with Crippen LogP contribution in [0.3, 0.4) is 0 Å². The van der Waals surface area contributed by atoms with E-state index in [-0.39, 0.29) is 57.1 Å². The van der Waals surface area contributed by atoms with Crippen LogP contribution in [0.1, 0.15) is 140 Å². The van der Waals surface area contributed by atoms with Gasteiger partial charge in [0.1, 0.15) is 11.6 Å². The average molecular weight is 723 g/mol. The zero-order valence-electron chi connectivity index (χ0n) is 34.1. The van der Waals surface area contributed by atoms with E-state index in [2.05, 4.69) is 52.2 Å². The van der Waals surface area contributed by atoms with Crippen LogP contribution in [0.2, 0.25) is 0 Å². The third-order valence-electron chi connectivity index (χ3n) is 15.9. The fourth-order valence-corrected chi connectivity index (χ4v) is 13.1. The van der Waals surface area contributed by atoms with E-state index >= 15 is 0 Å². The van der Waals surface area contributed by atoms with E-state index in [9.17, 15) is 19.8 Å². The van der Waals surface area contributed by atoms with E-state index in [1.807, 2.05) is 65.0 Å². The minimum absolute atomic E-state index is 0.0135.